The third-order valence-corrected chi connectivity index (χ3v) is 7.78. The van der Waals surface area contributed by atoms with E-state index in [1.54, 1.807) is 23.7 Å². The number of amides is 2. The van der Waals surface area contributed by atoms with Crippen LogP contribution in [0.3, 0.4) is 0 Å². The number of aryl methyl sites for hydroxylation is 1. The van der Waals surface area contributed by atoms with Gasteiger partial charge < -0.3 is 15.8 Å². The van der Waals surface area contributed by atoms with Crippen LogP contribution in [0, 0.1) is 6.92 Å². The number of fused-ring (bicyclic) bond motifs is 1. The van der Waals surface area contributed by atoms with E-state index in [2.05, 4.69) is 36.4 Å². The van der Waals surface area contributed by atoms with Gasteiger partial charge in [-0.1, -0.05) is 15.9 Å². The van der Waals surface area contributed by atoms with Gasteiger partial charge in [-0.25, -0.2) is 9.67 Å². The van der Waals surface area contributed by atoms with Crippen molar-refractivity contribution in [2.45, 2.75) is 33.3 Å². The standard InChI is InChI=1S/C26H21BrF3N7O3S/c1-3-37-13(2)17(11-32-37)16-10-19(26(28,29)30)33-25-20(16)21(22(41-25)23(31)38)34-24(39)18-8-9-36(35-18)12-40-15-6-4-14(27)5-7-15/h4-11H,3,12H2,1-2H3,(H2,31,38)(H,34,39). The molecule has 0 fully saturated rings. The summed E-state index contributed by atoms with van der Waals surface area (Å²) < 4.78 is 51.0. The number of aromatic nitrogens is 5. The molecule has 0 aliphatic heterocycles. The lowest BCUT2D eigenvalue weighted by Crippen LogP contribution is -2.18. The fraction of sp³-hybridized carbons (Fsp3) is 0.192. The molecular weight excluding hydrogens is 627 g/mol. The predicted octanol–water partition coefficient (Wildman–Crippen LogP) is 5.85. The van der Waals surface area contributed by atoms with Gasteiger partial charge in [-0.15, -0.1) is 11.3 Å². The van der Waals surface area contributed by atoms with Gasteiger partial charge in [0, 0.05) is 33.9 Å². The largest absolute Gasteiger partial charge is 0.471 e. The molecule has 4 aromatic heterocycles. The Kier molecular flexibility index (Phi) is 7.57. The highest BCUT2D eigenvalue weighted by molar-refractivity contribution is 9.10. The second-order valence-corrected chi connectivity index (χ2v) is 10.7. The summed E-state index contributed by atoms with van der Waals surface area (Å²) >= 11 is 4.01. The molecule has 0 saturated carbocycles. The van der Waals surface area contributed by atoms with E-state index < -0.39 is 23.7 Å². The van der Waals surface area contributed by atoms with Gasteiger partial charge >= 0.3 is 6.18 Å². The summed E-state index contributed by atoms with van der Waals surface area (Å²) in [6.07, 6.45) is -1.79. The van der Waals surface area contributed by atoms with E-state index in [1.165, 1.54) is 23.1 Å². The van der Waals surface area contributed by atoms with Crippen LogP contribution in [0.2, 0.25) is 0 Å². The first-order chi connectivity index (χ1) is 19.5. The lowest BCUT2D eigenvalue weighted by Gasteiger charge is -2.12. The molecule has 1 aromatic carbocycles. The number of nitrogens with two attached hydrogens (primary N) is 1. The van der Waals surface area contributed by atoms with Crippen LogP contribution in [0.25, 0.3) is 21.3 Å². The summed E-state index contributed by atoms with van der Waals surface area (Å²) in [5, 5.41) is 11.2. The van der Waals surface area contributed by atoms with Crippen molar-refractivity contribution in [3.8, 4) is 16.9 Å². The average molecular weight is 648 g/mol. The number of anilines is 1. The maximum atomic E-state index is 13.8. The predicted molar refractivity (Wildman–Crippen MR) is 150 cm³/mol. The number of nitrogens with one attached hydrogen (secondary N) is 1. The summed E-state index contributed by atoms with van der Waals surface area (Å²) in [5.41, 5.74) is 5.46. The van der Waals surface area contributed by atoms with Gasteiger partial charge in [-0.05, 0) is 55.8 Å². The van der Waals surface area contributed by atoms with Crippen molar-refractivity contribution >= 4 is 55.0 Å². The molecule has 3 N–H and O–H groups in total. The van der Waals surface area contributed by atoms with Crippen molar-refractivity contribution in [3.05, 3.63) is 75.2 Å². The number of thiophene rings is 1. The monoisotopic (exact) mass is 647 g/mol. The number of rotatable bonds is 8. The molecule has 0 bridgehead atoms. The molecule has 0 atom stereocenters. The smallest absolute Gasteiger partial charge is 0.433 e. The highest BCUT2D eigenvalue weighted by atomic mass is 79.9. The van der Waals surface area contributed by atoms with Crippen molar-refractivity contribution in [2.24, 2.45) is 5.73 Å². The van der Waals surface area contributed by atoms with Crippen LogP contribution < -0.4 is 15.8 Å². The first kappa shape index (κ1) is 28.3. The van der Waals surface area contributed by atoms with Crippen LogP contribution in [0.1, 0.15) is 38.5 Å². The minimum Gasteiger partial charge on any atom is -0.471 e. The third-order valence-electron chi connectivity index (χ3n) is 6.16. The van der Waals surface area contributed by atoms with Crippen molar-refractivity contribution in [1.82, 2.24) is 24.5 Å². The Morgan fingerprint density at radius 1 is 1.17 bits per heavy atom. The first-order valence-corrected chi connectivity index (χ1v) is 13.7. The lowest BCUT2D eigenvalue weighted by molar-refractivity contribution is -0.140. The van der Waals surface area contributed by atoms with Gasteiger partial charge in [0.2, 0.25) is 0 Å². The lowest BCUT2D eigenvalue weighted by atomic mass is 10.0. The van der Waals surface area contributed by atoms with Gasteiger partial charge in [0.1, 0.15) is 21.2 Å². The summed E-state index contributed by atoms with van der Waals surface area (Å²) in [6.45, 7) is 4.06. The molecule has 5 rings (SSSR count). The Morgan fingerprint density at radius 2 is 1.90 bits per heavy atom. The molecule has 0 unspecified atom stereocenters. The number of nitrogens with zero attached hydrogens (tertiary/aromatic N) is 5. The number of carbonyl (C=O) groups is 2. The topological polar surface area (TPSA) is 130 Å². The molecule has 212 valence electrons. The summed E-state index contributed by atoms with van der Waals surface area (Å²) in [5.74, 6) is -1.05. The molecule has 0 spiro atoms. The van der Waals surface area contributed by atoms with Crippen LogP contribution >= 0.6 is 27.3 Å². The minimum atomic E-state index is -4.76. The fourth-order valence-electron chi connectivity index (χ4n) is 4.18. The average Bonchev–Trinajstić information content (AvgIpc) is 3.64. The van der Waals surface area contributed by atoms with Crippen molar-refractivity contribution in [3.63, 3.8) is 0 Å². The second kappa shape index (κ2) is 11.0. The van der Waals surface area contributed by atoms with Crippen LogP contribution in [0.15, 0.2) is 53.3 Å². The van der Waals surface area contributed by atoms with Crippen molar-refractivity contribution < 1.29 is 27.5 Å². The number of benzene rings is 1. The van der Waals surface area contributed by atoms with Crippen LogP contribution in [-0.2, 0) is 19.5 Å². The Labute approximate surface area is 243 Å². The molecule has 5 aromatic rings. The summed E-state index contributed by atoms with van der Waals surface area (Å²) in [7, 11) is 0. The van der Waals surface area contributed by atoms with E-state index in [-0.39, 0.29) is 38.8 Å². The van der Waals surface area contributed by atoms with Gasteiger partial charge in [0.05, 0.1) is 11.9 Å². The molecule has 0 radical (unpaired) electrons. The van der Waals surface area contributed by atoms with E-state index >= 15 is 0 Å². The maximum absolute atomic E-state index is 13.8. The SMILES string of the molecule is CCn1ncc(-c2cc(C(F)(F)F)nc3sc(C(N)=O)c(NC(=O)c4ccn(COc5ccc(Br)cc5)n4)c23)c1C. The van der Waals surface area contributed by atoms with E-state index in [1.807, 2.05) is 19.1 Å². The van der Waals surface area contributed by atoms with Crippen LogP contribution in [0.4, 0.5) is 18.9 Å². The summed E-state index contributed by atoms with van der Waals surface area (Å²) in [4.78, 5) is 29.1. The molecule has 0 saturated heterocycles. The van der Waals surface area contributed by atoms with Gasteiger partial charge in [0.25, 0.3) is 11.8 Å². The molecular formula is C26H21BrF3N7O3S. The zero-order valence-corrected chi connectivity index (χ0v) is 23.9. The van der Waals surface area contributed by atoms with Gasteiger partial charge in [-0.3, -0.25) is 14.3 Å². The summed E-state index contributed by atoms with van der Waals surface area (Å²) in [6, 6.07) is 9.47. The van der Waals surface area contributed by atoms with Crippen LogP contribution in [-0.4, -0.2) is 36.4 Å². The quantitative estimate of drug-likeness (QED) is 0.217. The zero-order chi connectivity index (χ0) is 29.5. The minimum absolute atomic E-state index is 0.0117. The molecule has 10 nitrogen and oxygen atoms in total. The molecule has 2 amide bonds. The number of carbonyl (C=O) groups excluding carboxylic acids is 2. The number of hydrogen-bond acceptors (Lipinski definition) is 7. The van der Waals surface area contributed by atoms with Gasteiger partial charge in [-0.2, -0.15) is 23.4 Å². The third kappa shape index (κ3) is 5.67. The fourth-order valence-corrected chi connectivity index (χ4v) is 5.45. The highest BCUT2D eigenvalue weighted by Gasteiger charge is 2.35. The molecule has 15 heteroatoms. The van der Waals surface area contributed by atoms with E-state index in [9.17, 15) is 22.8 Å². The normalized spacial score (nSPS) is 11.7. The highest BCUT2D eigenvalue weighted by Crippen LogP contribution is 2.44. The number of primary amides is 1. The Balaban J connectivity index is 1.54. The molecule has 41 heavy (non-hydrogen) atoms. The second-order valence-electron chi connectivity index (χ2n) is 8.78. The number of pyridine rings is 1. The Bertz CT molecular complexity index is 1780. The Hall–Kier alpha value is -4.24. The van der Waals surface area contributed by atoms with E-state index in [0.717, 1.165) is 10.5 Å². The van der Waals surface area contributed by atoms with Gasteiger partial charge in [0.15, 0.2) is 12.4 Å². The van der Waals surface area contributed by atoms with Crippen LogP contribution in [0.5, 0.6) is 5.75 Å². The molecule has 0 aliphatic rings. The number of halogens is 4. The molecule has 4 heterocycles. The van der Waals surface area contributed by atoms with Crippen molar-refractivity contribution in [2.75, 3.05) is 5.32 Å². The number of hydrogen-bond donors (Lipinski definition) is 2. The Morgan fingerprint density at radius 3 is 2.54 bits per heavy atom. The van der Waals surface area contributed by atoms with E-state index in [0.29, 0.717) is 34.9 Å². The number of ether oxygens (including phenoxy) is 1. The maximum Gasteiger partial charge on any atom is 0.433 e. The van der Waals surface area contributed by atoms with E-state index in [4.69, 9.17) is 10.5 Å². The first-order valence-electron chi connectivity index (χ1n) is 12.1. The zero-order valence-electron chi connectivity index (χ0n) is 21.5. The van der Waals surface area contributed by atoms with Crippen molar-refractivity contribution in [1.29, 1.82) is 0 Å². The number of alkyl halides is 3. The molecule has 0 aliphatic carbocycles.